The van der Waals surface area contributed by atoms with Gasteiger partial charge in [-0.25, -0.2) is 13.2 Å². The predicted octanol–water partition coefficient (Wildman–Crippen LogP) is 6.52. The summed E-state index contributed by atoms with van der Waals surface area (Å²) in [6, 6.07) is 1.60. The molecule has 49 heavy (non-hydrogen) atoms. The third kappa shape index (κ3) is 4.79. The monoisotopic (exact) mass is 694 g/mol. The molecule has 3 saturated heterocycles. The average molecular weight is 695 g/mol. The first-order valence-electron chi connectivity index (χ1n) is 16.1. The van der Waals surface area contributed by atoms with Crippen molar-refractivity contribution < 1.29 is 26.7 Å². The van der Waals surface area contributed by atoms with Crippen molar-refractivity contribution in [1.82, 2.24) is 25.2 Å². The molecular weight excluding hydrogens is 663 g/mol. The number of fused-ring (bicyclic) bond motifs is 4. The van der Waals surface area contributed by atoms with Crippen molar-refractivity contribution in [1.29, 1.82) is 5.26 Å². The van der Waals surface area contributed by atoms with Gasteiger partial charge in [0.15, 0.2) is 11.6 Å². The van der Waals surface area contributed by atoms with Crippen LogP contribution < -0.4 is 20.7 Å². The number of hydrogen-bond acceptors (Lipinski definition) is 10. The molecule has 1 aromatic carbocycles. The number of rotatable bonds is 5. The summed E-state index contributed by atoms with van der Waals surface area (Å²) in [5, 5.41) is 13.4. The Hall–Kier alpha value is -4.39. The fourth-order valence-electron chi connectivity index (χ4n) is 8.10. The molecule has 3 N–H and O–H groups in total. The topological polar surface area (TPSA) is 116 Å². The van der Waals surface area contributed by atoms with Crippen LogP contribution in [0.3, 0.4) is 0 Å². The number of nitrogens with two attached hydrogens (primary N) is 1. The molecule has 0 amide bonds. The summed E-state index contributed by atoms with van der Waals surface area (Å²) in [5.74, 6) is -2.59. The average Bonchev–Trinajstić information content (AvgIpc) is 3.73. The number of ether oxygens (including phenoxy) is 1. The first-order chi connectivity index (χ1) is 23.5. The lowest BCUT2D eigenvalue weighted by Crippen LogP contribution is -2.56. The number of piperazine rings is 1. The first-order valence-corrected chi connectivity index (χ1v) is 17.0. The van der Waals surface area contributed by atoms with Gasteiger partial charge in [0.05, 0.1) is 38.6 Å². The number of nitrogen functional groups attached to an aromatic ring is 1. The maximum Gasteiger partial charge on any atom is 0.319 e. The van der Waals surface area contributed by atoms with Crippen molar-refractivity contribution in [3.8, 4) is 23.3 Å². The maximum atomic E-state index is 17.1. The second-order valence-corrected chi connectivity index (χ2v) is 14.3. The van der Waals surface area contributed by atoms with Crippen LogP contribution in [0, 0.1) is 28.8 Å². The number of halogens is 5. The summed E-state index contributed by atoms with van der Waals surface area (Å²) in [7, 11) is 0. The molecule has 4 aliphatic rings. The molecule has 4 aromatic rings. The molecule has 0 saturated carbocycles. The van der Waals surface area contributed by atoms with Crippen LogP contribution in [-0.2, 0) is 0 Å². The number of nitrogens with one attached hydrogen (secondary N) is 1. The predicted molar refractivity (Wildman–Crippen MR) is 177 cm³/mol. The summed E-state index contributed by atoms with van der Waals surface area (Å²) in [4.78, 5) is 17.4. The van der Waals surface area contributed by atoms with Crippen LogP contribution in [-0.4, -0.2) is 70.3 Å². The molecule has 3 aromatic heterocycles. The van der Waals surface area contributed by atoms with Crippen LogP contribution in [0.1, 0.15) is 50.2 Å². The normalized spacial score (nSPS) is 23.6. The molecule has 0 bridgehead atoms. The molecule has 8 rings (SSSR count). The number of hydrogen-bond donors (Lipinski definition) is 2. The van der Waals surface area contributed by atoms with E-state index in [2.05, 4.69) is 21.9 Å². The van der Waals surface area contributed by atoms with Gasteiger partial charge >= 0.3 is 6.01 Å². The SMILES string of the molecule is C=C1C[C@@H]2CN[C@H](CC)CN2c2nc(OC[C@@]34CCCN3CC(=C(F)F)C4)nc3c(F)c(-c4ncc(F)c5sc(N)c(C#N)c45)c(F)c1c23. The van der Waals surface area contributed by atoms with Gasteiger partial charge in [-0.05, 0) is 44.2 Å². The van der Waals surface area contributed by atoms with E-state index in [9.17, 15) is 18.4 Å². The van der Waals surface area contributed by atoms with E-state index in [-0.39, 0.29) is 91.9 Å². The number of nitriles is 1. The summed E-state index contributed by atoms with van der Waals surface area (Å²) < 4.78 is 82.6. The largest absolute Gasteiger partial charge is 0.461 e. The molecule has 3 atom stereocenters. The number of benzene rings is 1. The van der Waals surface area contributed by atoms with Crippen LogP contribution in [0.15, 0.2) is 24.4 Å². The van der Waals surface area contributed by atoms with Gasteiger partial charge < -0.3 is 20.7 Å². The number of thiophene rings is 1. The van der Waals surface area contributed by atoms with Crippen molar-refractivity contribution >= 4 is 48.7 Å². The lowest BCUT2D eigenvalue weighted by Gasteiger charge is -2.40. The van der Waals surface area contributed by atoms with Gasteiger partial charge in [-0.3, -0.25) is 9.88 Å². The molecule has 0 spiro atoms. The van der Waals surface area contributed by atoms with E-state index < -0.39 is 34.6 Å². The lowest BCUT2D eigenvalue weighted by atomic mass is 9.92. The van der Waals surface area contributed by atoms with E-state index >= 15 is 8.78 Å². The van der Waals surface area contributed by atoms with Crippen LogP contribution in [0.25, 0.3) is 37.8 Å². The zero-order valence-electron chi connectivity index (χ0n) is 26.5. The van der Waals surface area contributed by atoms with E-state index in [1.165, 1.54) is 0 Å². The minimum absolute atomic E-state index is 0.000868. The van der Waals surface area contributed by atoms with Crippen LogP contribution in [0.5, 0.6) is 6.01 Å². The Morgan fingerprint density at radius 2 is 2.04 bits per heavy atom. The molecule has 7 heterocycles. The zero-order valence-corrected chi connectivity index (χ0v) is 27.3. The molecule has 0 aliphatic carbocycles. The molecule has 254 valence electrons. The number of nitrogens with zero attached hydrogens (tertiary/aromatic N) is 6. The number of aromatic nitrogens is 3. The quantitative estimate of drug-likeness (QED) is 0.225. The second kappa shape index (κ2) is 11.6. The molecule has 4 aliphatic heterocycles. The van der Waals surface area contributed by atoms with Gasteiger partial charge in [0.2, 0.25) is 0 Å². The maximum absolute atomic E-state index is 17.1. The number of anilines is 2. The van der Waals surface area contributed by atoms with Gasteiger partial charge in [-0.1, -0.05) is 13.5 Å². The van der Waals surface area contributed by atoms with E-state index in [1.807, 2.05) is 22.8 Å². The van der Waals surface area contributed by atoms with Crippen molar-refractivity contribution in [2.24, 2.45) is 0 Å². The molecule has 3 fully saturated rings. The van der Waals surface area contributed by atoms with Crippen molar-refractivity contribution in [3.63, 3.8) is 0 Å². The van der Waals surface area contributed by atoms with E-state index in [0.717, 1.165) is 30.4 Å². The third-order valence-corrected chi connectivity index (χ3v) is 11.6. The molecule has 15 heteroatoms. The Balaban J connectivity index is 1.36. The van der Waals surface area contributed by atoms with E-state index in [0.29, 0.717) is 38.0 Å². The van der Waals surface area contributed by atoms with Gasteiger partial charge in [-0.15, -0.1) is 11.3 Å². The number of pyridine rings is 1. The van der Waals surface area contributed by atoms with E-state index in [4.69, 9.17) is 15.5 Å². The highest BCUT2D eigenvalue weighted by atomic mass is 32.1. The minimum atomic E-state index is -1.69. The fraction of sp³-hybridized carbons (Fsp3) is 0.412. The van der Waals surface area contributed by atoms with Gasteiger partial charge in [0, 0.05) is 48.2 Å². The lowest BCUT2D eigenvalue weighted by molar-refractivity contribution is 0.108. The molecule has 0 radical (unpaired) electrons. The highest BCUT2D eigenvalue weighted by Crippen LogP contribution is 2.48. The molecule has 0 unspecified atom stereocenters. The second-order valence-electron chi connectivity index (χ2n) is 13.2. The molecule has 9 nitrogen and oxygen atoms in total. The van der Waals surface area contributed by atoms with Gasteiger partial charge in [0.1, 0.15) is 34.8 Å². The van der Waals surface area contributed by atoms with Crippen LogP contribution in [0.2, 0.25) is 0 Å². The Morgan fingerprint density at radius 1 is 1.22 bits per heavy atom. The molecular formula is C34H31F5N8OS. The van der Waals surface area contributed by atoms with E-state index in [1.54, 1.807) is 0 Å². The first kappa shape index (κ1) is 31.9. The van der Waals surface area contributed by atoms with Gasteiger partial charge in [0.25, 0.3) is 6.08 Å². The smallest absolute Gasteiger partial charge is 0.319 e. The van der Waals surface area contributed by atoms with Crippen molar-refractivity contribution in [2.45, 2.75) is 56.7 Å². The highest BCUT2D eigenvalue weighted by molar-refractivity contribution is 7.23. The van der Waals surface area contributed by atoms with Gasteiger partial charge in [-0.2, -0.15) is 24.0 Å². The minimum Gasteiger partial charge on any atom is -0.461 e. The zero-order chi connectivity index (χ0) is 34.4. The Labute approximate surface area is 281 Å². The third-order valence-electron chi connectivity index (χ3n) is 10.5. The Kier molecular flexibility index (Phi) is 7.54. The standard InChI is InChI=1S/C34H31F5N8OS/c1-3-17-13-47-18(10-42-17)7-15(2)21-23-28(26(37)24(25(21)36)27-22-19(9-40)31(41)49-29(22)20(35)11-43-27)44-33(45-32(23)47)48-14-34-5-4-6-46(34)12-16(8-34)30(38)39/h11,17-18,42H,2-8,10,12-14,41H2,1H3/t17-,18-,34+/m1/s1. The summed E-state index contributed by atoms with van der Waals surface area (Å²) in [5.41, 5.74) is 4.51. The fourth-order valence-corrected chi connectivity index (χ4v) is 9.02. The summed E-state index contributed by atoms with van der Waals surface area (Å²) >= 11 is 0.792. The summed E-state index contributed by atoms with van der Waals surface area (Å²) in [6.07, 6.45) is 1.86. The Bertz CT molecular complexity index is 2160. The Morgan fingerprint density at radius 3 is 2.80 bits per heavy atom. The van der Waals surface area contributed by atoms with Crippen LogP contribution in [0.4, 0.5) is 32.8 Å². The highest BCUT2D eigenvalue weighted by Gasteiger charge is 2.48. The van der Waals surface area contributed by atoms with Crippen molar-refractivity contribution in [2.75, 3.05) is 43.4 Å². The van der Waals surface area contributed by atoms with Crippen molar-refractivity contribution in [3.05, 3.63) is 53.0 Å². The summed E-state index contributed by atoms with van der Waals surface area (Å²) in [6.45, 7) is 8.06. The van der Waals surface area contributed by atoms with Crippen LogP contribution >= 0.6 is 11.3 Å².